The van der Waals surface area contributed by atoms with E-state index in [-0.39, 0.29) is 5.54 Å². The van der Waals surface area contributed by atoms with Crippen LogP contribution in [0.3, 0.4) is 0 Å². The average Bonchev–Trinajstić information content (AvgIpc) is 2.29. The first-order valence-corrected chi connectivity index (χ1v) is 7.09. The summed E-state index contributed by atoms with van der Waals surface area (Å²) in [5.74, 6) is 0.0645. The van der Waals surface area contributed by atoms with Crippen LogP contribution in [0, 0.1) is 5.92 Å². The number of piperidine rings is 1. The van der Waals surface area contributed by atoms with Crippen LogP contribution >= 0.6 is 0 Å². The Kier molecular flexibility index (Phi) is 4.08. The first-order valence-electron chi connectivity index (χ1n) is 7.09. The Hall–Kier alpha value is -0.570. The first-order chi connectivity index (χ1) is 8.12. The normalized spacial score (nSPS) is 35.7. The quantitative estimate of drug-likeness (QED) is 0.823. The summed E-state index contributed by atoms with van der Waals surface area (Å²) < 4.78 is 0. The second-order valence-corrected chi connectivity index (χ2v) is 6.04. The van der Waals surface area contributed by atoms with Crippen molar-refractivity contribution in [2.24, 2.45) is 5.92 Å². The van der Waals surface area contributed by atoms with Crippen LogP contribution in [0.25, 0.3) is 0 Å². The molecule has 2 atom stereocenters. The molecule has 2 rings (SSSR count). The van der Waals surface area contributed by atoms with E-state index in [1.165, 1.54) is 32.1 Å². The lowest BCUT2D eigenvalue weighted by molar-refractivity contribution is -0.142. The number of carbonyl (C=O) groups is 1. The standard InChI is InChI=1S/C14H25NO2/c1-12-6-5-7-14(10-12,11-13(16)17)15-8-3-2-4-9-15/h12H,2-11H2,1H3,(H,16,17). The van der Waals surface area contributed by atoms with Crippen LogP contribution in [0.5, 0.6) is 0 Å². The zero-order chi connectivity index (χ0) is 12.3. The van der Waals surface area contributed by atoms with E-state index in [9.17, 15) is 9.90 Å². The van der Waals surface area contributed by atoms with Crippen molar-refractivity contribution in [2.45, 2.75) is 63.8 Å². The molecule has 3 heteroatoms. The molecule has 0 spiro atoms. The van der Waals surface area contributed by atoms with E-state index >= 15 is 0 Å². The van der Waals surface area contributed by atoms with Gasteiger partial charge in [-0.3, -0.25) is 9.69 Å². The van der Waals surface area contributed by atoms with E-state index in [0.29, 0.717) is 12.3 Å². The predicted molar refractivity (Wildman–Crippen MR) is 68.0 cm³/mol. The average molecular weight is 239 g/mol. The molecule has 0 radical (unpaired) electrons. The summed E-state index contributed by atoms with van der Waals surface area (Å²) >= 11 is 0. The number of hydrogen-bond acceptors (Lipinski definition) is 2. The molecule has 1 saturated carbocycles. The molecule has 0 bridgehead atoms. The summed E-state index contributed by atoms with van der Waals surface area (Å²) in [5.41, 5.74) is -0.0239. The summed E-state index contributed by atoms with van der Waals surface area (Å²) in [5, 5.41) is 9.22. The van der Waals surface area contributed by atoms with Gasteiger partial charge >= 0.3 is 5.97 Å². The van der Waals surface area contributed by atoms with E-state index < -0.39 is 5.97 Å². The molecule has 1 aliphatic heterocycles. The van der Waals surface area contributed by atoms with Gasteiger partial charge in [0.25, 0.3) is 0 Å². The maximum absolute atomic E-state index is 11.2. The maximum Gasteiger partial charge on any atom is 0.305 e. The Morgan fingerprint density at radius 3 is 2.59 bits per heavy atom. The number of likely N-dealkylation sites (tertiary alicyclic amines) is 1. The van der Waals surface area contributed by atoms with Gasteiger partial charge in [0, 0.05) is 5.54 Å². The second kappa shape index (κ2) is 5.38. The Balaban J connectivity index is 2.12. The van der Waals surface area contributed by atoms with Crippen molar-refractivity contribution in [1.82, 2.24) is 4.90 Å². The largest absolute Gasteiger partial charge is 0.481 e. The van der Waals surface area contributed by atoms with E-state index in [4.69, 9.17) is 0 Å². The molecule has 1 saturated heterocycles. The molecule has 0 aromatic carbocycles. The summed E-state index contributed by atoms with van der Waals surface area (Å²) in [6.07, 6.45) is 8.79. The summed E-state index contributed by atoms with van der Waals surface area (Å²) in [4.78, 5) is 13.7. The highest BCUT2D eigenvalue weighted by Gasteiger charge is 2.41. The van der Waals surface area contributed by atoms with Crippen molar-refractivity contribution in [3.8, 4) is 0 Å². The molecule has 2 unspecified atom stereocenters. The van der Waals surface area contributed by atoms with E-state index in [1.54, 1.807) is 0 Å². The monoisotopic (exact) mass is 239 g/mol. The van der Waals surface area contributed by atoms with Crippen LogP contribution in [0.15, 0.2) is 0 Å². The molecule has 1 aliphatic carbocycles. The van der Waals surface area contributed by atoms with Gasteiger partial charge in [0.2, 0.25) is 0 Å². The summed E-state index contributed by atoms with van der Waals surface area (Å²) in [6, 6.07) is 0. The number of aliphatic carboxylic acids is 1. The van der Waals surface area contributed by atoms with Gasteiger partial charge in [-0.2, -0.15) is 0 Å². The minimum Gasteiger partial charge on any atom is -0.481 e. The Morgan fingerprint density at radius 2 is 2.00 bits per heavy atom. The SMILES string of the molecule is CC1CCCC(CC(=O)O)(N2CCCCC2)C1. The number of nitrogens with zero attached hydrogens (tertiary/aromatic N) is 1. The van der Waals surface area contributed by atoms with Crippen LogP contribution in [0.1, 0.15) is 58.3 Å². The highest BCUT2D eigenvalue weighted by atomic mass is 16.4. The Labute approximate surface area is 104 Å². The van der Waals surface area contributed by atoms with Gasteiger partial charge in [-0.25, -0.2) is 0 Å². The Bertz CT molecular complexity index is 273. The molecule has 0 aromatic heterocycles. The van der Waals surface area contributed by atoms with Crippen molar-refractivity contribution >= 4 is 5.97 Å². The van der Waals surface area contributed by atoms with Crippen LogP contribution in [-0.2, 0) is 4.79 Å². The van der Waals surface area contributed by atoms with Crippen LogP contribution in [-0.4, -0.2) is 34.6 Å². The van der Waals surface area contributed by atoms with Crippen molar-refractivity contribution in [1.29, 1.82) is 0 Å². The third kappa shape index (κ3) is 3.01. The highest BCUT2D eigenvalue weighted by molar-refractivity contribution is 5.68. The molecule has 1 N–H and O–H groups in total. The van der Waals surface area contributed by atoms with Crippen LogP contribution in [0.4, 0.5) is 0 Å². The zero-order valence-corrected chi connectivity index (χ0v) is 11.0. The maximum atomic E-state index is 11.2. The number of carboxylic acids is 1. The predicted octanol–water partition coefficient (Wildman–Crippen LogP) is 2.90. The van der Waals surface area contributed by atoms with E-state index in [0.717, 1.165) is 25.9 Å². The fourth-order valence-corrected chi connectivity index (χ4v) is 3.84. The molecule has 2 fully saturated rings. The molecule has 0 aromatic rings. The third-order valence-corrected chi connectivity index (χ3v) is 4.57. The molecular formula is C14H25NO2. The van der Waals surface area contributed by atoms with Gasteiger partial charge in [-0.15, -0.1) is 0 Å². The lowest BCUT2D eigenvalue weighted by atomic mass is 9.73. The summed E-state index contributed by atoms with van der Waals surface area (Å²) in [7, 11) is 0. The van der Waals surface area contributed by atoms with Gasteiger partial charge in [0.15, 0.2) is 0 Å². The highest BCUT2D eigenvalue weighted by Crippen LogP contribution is 2.40. The molecule has 2 aliphatic rings. The second-order valence-electron chi connectivity index (χ2n) is 6.04. The molecule has 3 nitrogen and oxygen atoms in total. The van der Waals surface area contributed by atoms with Gasteiger partial charge < -0.3 is 5.11 Å². The van der Waals surface area contributed by atoms with E-state index in [1.807, 2.05) is 0 Å². The van der Waals surface area contributed by atoms with Gasteiger partial charge in [-0.1, -0.05) is 26.2 Å². The third-order valence-electron chi connectivity index (χ3n) is 4.57. The topological polar surface area (TPSA) is 40.5 Å². The van der Waals surface area contributed by atoms with Crippen LogP contribution < -0.4 is 0 Å². The number of hydrogen-bond donors (Lipinski definition) is 1. The number of carboxylic acid groups (broad SMARTS) is 1. The van der Waals surface area contributed by atoms with E-state index in [2.05, 4.69) is 11.8 Å². The molecule has 0 amide bonds. The zero-order valence-electron chi connectivity index (χ0n) is 11.0. The minimum atomic E-state index is -0.621. The van der Waals surface area contributed by atoms with Gasteiger partial charge in [-0.05, 0) is 44.7 Å². The first kappa shape index (κ1) is 12.9. The van der Waals surface area contributed by atoms with Gasteiger partial charge in [0.05, 0.1) is 6.42 Å². The molecule has 17 heavy (non-hydrogen) atoms. The lowest BCUT2D eigenvalue weighted by Gasteiger charge is -2.49. The molecule has 1 heterocycles. The number of rotatable bonds is 3. The molecule has 98 valence electrons. The van der Waals surface area contributed by atoms with Crippen molar-refractivity contribution in [2.75, 3.05) is 13.1 Å². The Morgan fingerprint density at radius 1 is 1.29 bits per heavy atom. The minimum absolute atomic E-state index is 0.0239. The van der Waals surface area contributed by atoms with Crippen LogP contribution in [0.2, 0.25) is 0 Å². The summed E-state index contributed by atoms with van der Waals surface area (Å²) in [6.45, 7) is 4.50. The van der Waals surface area contributed by atoms with Gasteiger partial charge in [0.1, 0.15) is 0 Å². The van der Waals surface area contributed by atoms with Crippen molar-refractivity contribution < 1.29 is 9.90 Å². The van der Waals surface area contributed by atoms with Crippen molar-refractivity contribution in [3.05, 3.63) is 0 Å². The van der Waals surface area contributed by atoms with Crippen molar-refractivity contribution in [3.63, 3.8) is 0 Å². The smallest absolute Gasteiger partial charge is 0.305 e. The fraction of sp³-hybridized carbons (Fsp3) is 0.929. The molecular weight excluding hydrogens is 214 g/mol. The fourth-order valence-electron chi connectivity index (χ4n) is 3.84. The lowest BCUT2D eigenvalue weighted by Crippen LogP contribution is -2.54.